The summed E-state index contributed by atoms with van der Waals surface area (Å²) in [7, 11) is 0. The van der Waals surface area contributed by atoms with Gasteiger partial charge in [-0.25, -0.2) is 4.98 Å². The van der Waals surface area contributed by atoms with Gasteiger partial charge in [-0.3, -0.25) is 4.79 Å². The van der Waals surface area contributed by atoms with Crippen LogP contribution in [0.2, 0.25) is 4.47 Å². The van der Waals surface area contributed by atoms with E-state index in [4.69, 9.17) is 11.6 Å². The van der Waals surface area contributed by atoms with E-state index in [2.05, 4.69) is 15.6 Å². The number of nitrogens with one attached hydrogen (secondary N) is 2. The van der Waals surface area contributed by atoms with E-state index in [-0.39, 0.29) is 11.8 Å². The maximum atomic E-state index is 11.6. The van der Waals surface area contributed by atoms with Gasteiger partial charge in [-0.1, -0.05) is 11.6 Å². The van der Waals surface area contributed by atoms with Gasteiger partial charge in [-0.2, -0.15) is 0 Å². The van der Waals surface area contributed by atoms with Crippen LogP contribution in [0, 0.1) is 5.92 Å². The number of hydrogen-bond donors (Lipinski definition) is 2. The highest BCUT2D eigenvalue weighted by Crippen LogP contribution is 2.30. The molecule has 1 aromatic carbocycles. The van der Waals surface area contributed by atoms with E-state index in [1.165, 1.54) is 11.3 Å². The topological polar surface area (TPSA) is 54.0 Å². The zero-order valence-corrected chi connectivity index (χ0v) is 12.3. The molecular weight excluding hydrogens is 294 g/mol. The number of carbonyl (C=O) groups excluding carboxylic acids is 1. The van der Waals surface area contributed by atoms with E-state index in [1.807, 2.05) is 24.3 Å². The van der Waals surface area contributed by atoms with Crippen LogP contribution in [0.3, 0.4) is 0 Å². The quantitative estimate of drug-likeness (QED) is 0.884. The number of hydrogen-bond acceptors (Lipinski definition) is 4. The van der Waals surface area contributed by atoms with Gasteiger partial charge >= 0.3 is 0 Å². The van der Waals surface area contributed by atoms with Gasteiger partial charge in [0.25, 0.3) is 0 Å². The number of rotatable bonds is 5. The molecule has 1 saturated carbocycles. The number of halogens is 1. The molecule has 104 valence electrons. The molecule has 1 amide bonds. The summed E-state index contributed by atoms with van der Waals surface area (Å²) in [6, 6.07) is 7.71. The summed E-state index contributed by atoms with van der Waals surface area (Å²) in [4.78, 5) is 16.7. The van der Waals surface area contributed by atoms with Gasteiger partial charge < -0.3 is 10.6 Å². The molecule has 20 heavy (non-hydrogen) atoms. The lowest BCUT2D eigenvalue weighted by atomic mass is 10.2. The second-order valence-electron chi connectivity index (χ2n) is 4.77. The molecule has 0 radical (unpaired) electrons. The summed E-state index contributed by atoms with van der Waals surface area (Å²) >= 11 is 7.24. The fraction of sp³-hybridized carbons (Fsp3) is 0.286. The number of nitrogens with zero attached hydrogens (tertiary/aromatic N) is 1. The average molecular weight is 308 g/mol. The SMILES string of the molecule is O=C(Nc1ccc(NCc2cnc(Cl)s2)cc1)C1CC1. The van der Waals surface area contributed by atoms with Crippen molar-refractivity contribution in [3.63, 3.8) is 0 Å². The van der Waals surface area contributed by atoms with Gasteiger partial charge in [0.15, 0.2) is 4.47 Å². The highest BCUT2D eigenvalue weighted by Gasteiger charge is 2.29. The number of benzene rings is 1. The minimum Gasteiger partial charge on any atom is -0.380 e. The third kappa shape index (κ3) is 3.49. The summed E-state index contributed by atoms with van der Waals surface area (Å²) in [5, 5.41) is 6.21. The molecule has 0 unspecified atom stereocenters. The molecule has 4 nitrogen and oxygen atoms in total. The van der Waals surface area contributed by atoms with Gasteiger partial charge in [-0.15, -0.1) is 11.3 Å². The van der Waals surface area contributed by atoms with E-state index in [1.54, 1.807) is 6.20 Å². The van der Waals surface area contributed by atoms with Crippen molar-refractivity contribution in [2.24, 2.45) is 5.92 Å². The largest absolute Gasteiger partial charge is 0.380 e. The Morgan fingerprint density at radius 1 is 1.30 bits per heavy atom. The Bertz CT molecular complexity index is 607. The molecule has 0 spiro atoms. The molecule has 1 heterocycles. The van der Waals surface area contributed by atoms with Crippen LogP contribution in [0.1, 0.15) is 17.7 Å². The van der Waals surface area contributed by atoms with Crippen molar-refractivity contribution in [3.05, 3.63) is 39.8 Å². The maximum absolute atomic E-state index is 11.6. The predicted octanol–water partition coefficient (Wildman–Crippen LogP) is 3.76. The van der Waals surface area contributed by atoms with Crippen LogP contribution in [0.4, 0.5) is 11.4 Å². The first-order valence-corrected chi connectivity index (χ1v) is 7.65. The van der Waals surface area contributed by atoms with Crippen LogP contribution in [0.25, 0.3) is 0 Å². The van der Waals surface area contributed by atoms with Crippen molar-refractivity contribution in [1.29, 1.82) is 0 Å². The zero-order valence-electron chi connectivity index (χ0n) is 10.7. The molecule has 0 aliphatic heterocycles. The molecule has 0 saturated heterocycles. The van der Waals surface area contributed by atoms with Crippen molar-refractivity contribution >= 4 is 40.2 Å². The first kappa shape index (κ1) is 13.4. The normalized spacial score (nSPS) is 14.1. The summed E-state index contributed by atoms with van der Waals surface area (Å²) in [5.41, 5.74) is 1.84. The Labute approximate surface area is 126 Å². The highest BCUT2D eigenvalue weighted by atomic mass is 35.5. The average Bonchev–Trinajstić information content (AvgIpc) is 3.22. The summed E-state index contributed by atoms with van der Waals surface area (Å²) in [6.45, 7) is 0.693. The van der Waals surface area contributed by atoms with Crippen LogP contribution in [0.5, 0.6) is 0 Å². The Morgan fingerprint density at radius 2 is 2.00 bits per heavy atom. The second kappa shape index (κ2) is 5.81. The lowest BCUT2D eigenvalue weighted by Gasteiger charge is -2.07. The minimum absolute atomic E-state index is 0.130. The third-order valence-corrected chi connectivity index (χ3v) is 4.21. The molecule has 2 N–H and O–H groups in total. The number of anilines is 2. The van der Waals surface area contributed by atoms with Crippen LogP contribution in [-0.4, -0.2) is 10.9 Å². The fourth-order valence-corrected chi connectivity index (χ4v) is 2.73. The summed E-state index contributed by atoms with van der Waals surface area (Å²) in [5.74, 6) is 0.355. The van der Waals surface area contributed by atoms with Gasteiger partial charge in [0, 0.05) is 28.4 Å². The predicted molar refractivity (Wildman–Crippen MR) is 82.2 cm³/mol. The van der Waals surface area contributed by atoms with Crippen LogP contribution in [0.15, 0.2) is 30.5 Å². The molecule has 1 aliphatic carbocycles. The molecule has 0 bridgehead atoms. The molecule has 0 atom stereocenters. The number of amides is 1. The third-order valence-electron chi connectivity index (χ3n) is 3.09. The van der Waals surface area contributed by atoms with Gasteiger partial charge in [0.2, 0.25) is 5.91 Å². The van der Waals surface area contributed by atoms with Crippen molar-refractivity contribution in [2.45, 2.75) is 19.4 Å². The van der Waals surface area contributed by atoms with Gasteiger partial charge in [-0.05, 0) is 37.1 Å². The van der Waals surface area contributed by atoms with Crippen molar-refractivity contribution < 1.29 is 4.79 Å². The number of thiazole rings is 1. The molecule has 1 aliphatic rings. The van der Waals surface area contributed by atoms with E-state index in [0.29, 0.717) is 11.0 Å². The minimum atomic E-state index is 0.130. The van der Waals surface area contributed by atoms with Crippen molar-refractivity contribution in [1.82, 2.24) is 4.98 Å². The Kier molecular flexibility index (Phi) is 3.89. The molecule has 1 aromatic heterocycles. The smallest absolute Gasteiger partial charge is 0.227 e. The van der Waals surface area contributed by atoms with Crippen molar-refractivity contribution in [2.75, 3.05) is 10.6 Å². The molecule has 3 rings (SSSR count). The molecular formula is C14H14ClN3OS. The Morgan fingerprint density at radius 3 is 2.60 bits per heavy atom. The lowest BCUT2D eigenvalue weighted by molar-refractivity contribution is -0.117. The second-order valence-corrected chi connectivity index (χ2v) is 6.47. The van der Waals surface area contributed by atoms with E-state index in [0.717, 1.165) is 29.1 Å². The van der Waals surface area contributed by atoms with Crippen LogP contribution in [-0.2, 0) is 11.3 Å². The van der Waals surface area contributed by atoms with E-state index >= 15 is 0 Å². The maximum Gasteiger partial charge on any atom is 0.227 e. The summed E-state index contributed by atoms with van der Waals surface area (Å²) in [6.07, 6.45) is 3.80. The first-order valence-electron chi connectivity index (χ1n) is 6.46. The molecule has 1 fully saturated rings. The Balaban J connectivity index is 1.54. The lowest BCUT2D eigenvalue weighted by Crippen LogP contribution is -2.13. The fourth-order valence-electron chi connectivity index (χ4n) is 1.82. The van der Waals surface area contributed by atoms with Crippen LogP contribution >= 0.6 is 22.9 Å². The number of carbonyl (C=O) groups is 1. The van der Waals surface area contributed by atoms with Crippen LogP contribution < -0.4 is 10.6 Å². The first-order chi connectivity index (χ1) is 9.70. The van der Waals surface area contributed by atoms with E-state index in [9.17, 15) is 4.79 Å². The monoisotopic (exact) mass is 307 g/mol. The van der Waals surface area contributed by atoms with Gasteiger partial charge in [0.1, 0.15) is 0 Å². The number of aromatic nitrogens is 1. The Hall–Kier alpha value is -1.59. The molecule has 2 aromatic rings. The molecule has 6 heteroatoms. The summed E-state index contributed by atoms with van der Waals surface area (Å²) < 4.78 is 0.555. The van der Waals surface area contributed by atoms with Crippen molar-refractivity contribution in [3.8, 4) is 0 Å². The van der Waals surface area contributed by atoms with Gasteiger partial charge in [0.05, 0.1) is 6.54 Å². The van der Waals surface area contributed by atoms with E-state index < -0.39 is 0 Å². The zero-order chi connectivity index (χ0) is 13.9. The highest BCUT2D eigenvalue weighted by molar-refractivity contribution is 7.15. The standard InChI is InChI=1S/C14H14ClN3OS/c15-14-17-8-12(20-14)7-16-10-3-5-11(6-4-10)18-13(19)9-1-2-9/h3-6,8-9,16H,1-2,7H2,(H,18,19).